The smallest absolute Gasteiger partial charge is 0.416 e. The van der Waals surface area contributed by atoms with E-state index in [4.69, 9.17) is 9.47 Å². The Bertz CT molecular complexity index is 3170. The zero-order valence-electron chi connectivity index (χ0n) is 43.9. The number of ether oxygens (including phenoxy) is 2. The van der Waals surface area contributed by atoms with Crippen molar-refractivity contribution in [1.82, 2.24) is 19.6 Å². The second kappa shape index (κ2) is 18.0. The van der Waals surface area contributed by atoms with Crippen LogP contribution in [0.4, 0.5) is 13.2 Å². The van der Waals surface area contributed by atoms with Crippen LogP contribution in [0.1, 0.15) is 109 Å². The number of carbonyl (C=O) groups excluding carboxylic acids is 2. The average Bonchev–Trinajstić information content (AvgIpc) is 3.02. The van der Waals surface area contributed by atoms with Crippen molar-refractivity contribution < 1.29 is 52.7 Å². The fraction of sp³-hybridized carbons (Fsp3) is 0.516. The molecule has 6 fully saturated rings. The lowest BCUT2D eigenvalue weighted by atomic mass is 9.48. The molecule has 10 aliphatic rings. The first-order valence-corrected chi connectivity index (χ1v) is 27.8. The number of halogens is 3. The SMILES string of the molecule is CN(C(=O)C#Cc1ccc(C(F)(F)F)cc1)C1CCC2(O)[C@H]3Cc4ccc(O)c5c4[C@@]2(CCN3CC2CC2)C1O5.Cc1cccc(/C=C/C(=O)N(C)[C@@H]2CC[C@@]3(O)[C@H]4Cc5ccc(O)c6c5[C@@]3(CCN4CC3CC3)[C@H]2O6)c1. The molecule has 4 aliphatic heterocycles. The highest BCUT2D eigenvalue weighted by Gasteiger charge is 2.75. The molecule has 2 spiro atoms. The maximum Gasteiger partial charge on any atom is 0.416 e. The number of amides is 2. The van der Waals surface area contributed by atoms with E-state index < -0.39 is 51.8 Å². The van der Waals surface area contributed by atoms with E-state index in [-0.39, 0.29) is 41.6 Å². The van der Waals surface area contributed by atoms with Gasteiger partial charge in [0.25, 0.3) is 5.91 Å². The number of rotatable bonds is 8. The second-order valence-corrected chi connectivity index (χ2v) is 24.2. The standard InChI is InChI=1S/C31H31F3N2O4.C31H36N2O4/c1-35(25(38)11-6-18-4-8-21(9-5-18)31(32,33)34)22-12-13-30(39)24-16-20-7-10-23(37)27-26(20)29(30,28(22)40-27)14-15-36(24)17-19-2-3-19;1-19-4-3-5-20(16-19)8-11-26(35)32(2)23-12-13-31(36)25-17-22-9-10-24(34)28-27(22)30(31,29(23)37-28)14-15-33(25)18-21-6-7-21/h4-5,7-10,19,22,24,28,37,39H,2-3,12-17H2,1H3;3-5,8-11,16,21,23,25,29,34,36H,6-7,12-15,17-18H2,1-2H3/b;11-8+/t22?,24-,28?,29+,30?;23-,25-,29+,30+,31-/m11/s1. The van der Waals surface area contributed by atoms with E-state index >= 15 is 0 Å². The van der Waals surface area contributed by atoms with Crippen LogP contribution >= 0.6 is 0 Å². The van der Waals surface area contributed by atoms with Crippen LogP contribution in [-0.4, -0.2) is 140 Å². The molecule has 4 saturated carbocycles. The van der Waals surface area contributed by atoms with Crippen LogP contribution in [0.25, 0.3) is 6.08 Å². The Balaban J connectivity index is 0.000000147. The number of piperidine rings is 2. The average molecular weight is 1050 g/mol. The molecule has 0 aromatic heterocycles. The van der Waals surface area contributed by atoms with E-state index in [1.807, 2.05) is 50.4 Å². The quantitative estimate of drug-likeness (QED) is 0.103. The molecule has 4 aromatic rings. The monoisotopic (exact) mass is 1050 g/mol. The lowest BCUT2D eigenvalue weighted by Crippen LogP contribution is -2.78. The number of phenols is 2. The summed E-state index contributed by atoms with van der Waals surface area (Å²) in [5.74, 6) is 7.28. The Labute approximate surface area is 447 Å². The van der Waals surface area contributed by atoms with Crippen LogP contribution in [0.5, 0.6) is 23.0 Å². The van der Waals surface area contributed by atoms with Gasteiger partial charge in [0.1, 0.15) is 12.2 Å². The number of likely N-dealkylation sites (N-methyl/N-ethyl adjacent to an activating group) is 2. The highest BCUT2D eigenvalue weighted by Crippen LogP contribution is 2.68. The number of phenolic OH excluding ortho intramolecular Hbond substituents is 2. The molecule has 15 heteroatoms. The van der Waals surface area contributed by atoms with Crippen LogP contribution in [0.2, 0.25) is 0 Å². The van der Waals surface area contributed by atoms with Crippen LogP contribution in [0.3, 0.4) is 0 Å². The minimum atomic E-state index is -4.44. The number of likely N-dealkylation sites (tertiary alicyclic amines) is 2. The van der Waals surface area contributed by atoms with Gasteiger partial charge in [-0.3, -0.25) is 19.4 Å². The number of hydrogen-bond acceptors (Lipinski definition) is 10. The molecule has 14 rings (SSSR count). The Kier molecular flexibility index (Phi) is 11.8. The molecular formula is C62H67F3N4O8. The summed E-state index contributed by atoms with van der Waals surface area (Å²) in [6.07, 6.45) is 8.36. The van der Waals surface area contributed by atoms with Crippen molar-refractivity contribution in [3.63, 3.8) is 0 Å². The van der Waals surface area contributed by atoms with Crippen molar-refractivity contribution in [3.8, 4) is 34.8 Å². The first-order valence-electron chi connectivity index (χ1n) is 27.8. The summed E-state index contributed by atoms with van der Waals surface area (Å²) in [6, 6.07) is 19.2. The molecule has 0 radical (unpaired) electrons. The minimum Gasteiger partial charge on any atom is -0.504 e. The van der Waals surface area contributed by atoms with Crippen molar-refractivity contribution in [2.24, 2.45) is 11.8 Å². The third-order valence-electron chi connectivity index (χ3n) is 20.1. The molecular weight excluding hydrogens is 986 g/mol. The summed E-state index contributed by atoms with van der Waals surface area (Å²) in [4.78, 5) is 35.0. The summed E-state index contributed by atoms with van der Waals surface area (Å²) in [5, 5.41) is 46.8. The first-order chi connectivity index (χ1) is 36.8. The van der Waals surface area contributed by atoms with Gasteiger partial charge in [0.2, 0.25) is 5.91 Å². The Morgan fingerprint density at radius 3 is 1.73 bits per heavy atom. The number of aromatic hydroxyl groups is 2. The fourth-order valence-electron chi connectivity index (χ4n) is 16.0. The van der Waals surface area contributed by atoms with Gasteiger partial charge < -0.3 is 39.7 Å². The zero-order valence-corrected chi connectivity index (χ0v) is 43.9. The zero-order chi connectivity index (χ0) is 53.6. The highest BCUT2D eigenvalue weighted by molar-refractivity contribution is 5.94. The van der Waals surface area contributed by atoms with Crippen LogP contribution < -0.4 is 9.47 Å². The molecule has 6 aliphatic carbocycles. The van der Waals surface area contributed by atoms with Crippen molar-refractivity contribution >= 4 is 17.9 Å². The molecule has 4 aromatic carbocycles. The molecule has 404 valence electrons. The van der Waals surface area contributed by atoms with Gasteiger partial charge in [0.15, 0.2) is 23.0 Å². The normalized spacial score (nSPS) is 32.8. The molecule has 77 heavy (non-hydrogen) atoms. The molecule has 4 heterocycles. The van der Waals surface area contributed by atoms with Crippen molar-refractivity contribution in [2.75, 3.05) is 40.3 Å². The maximum atomic E-state index is 13.4. The van der Waals surface area contributed by atoms with E-state index in [0.717, 1.165) is 84.9 Å². The van der Waals surface area contributed by atoms with Gasteiger partial charge in [0, 0.05) is 68.0 Å². The van der Waals surface area contributed by atoms with Crippen LogP contribution in [0, 0.1) is 30.6 Å². The highest BCUT2D eigenvalue weighted by atomic mass is 19.4. The minimum absolute atomic E-state index is 0.0403. The summed E-state index contributed by atoms with van der Waals surface area (Å²) >= 11 is 0. The number of carbonyl (C=O) groups is 2. The molecule has 4 bridgehead atoms. The van der Waals surface area contributed by atoms with Crippen LogP contribution in [-0.2, 0) is 39.4 Å². The summed E-state index contributed by atoms with van der Waals surface area (Å²) in [5.41, 5.74) is 2.49. The number of hydrogen-bond donors (Lipinski definition) is 4. The predicted molar refractivity (Wildman–Crippen MR) is 281 cm³/mol. The molecule has 3 unspecified atom stereocenters. The van der Waals surface area contributed by atoms with Gasteiger partial charge in [-0.15, -0.1) is 0 Å². The van der Waals surface area contributed by atoms with E-state index in [2.05, 4.69) is 27.7 Å². The van der Waals surface area contributed by atoms with Crippen molar-refractivity contribution in [3.05, 3.63) is 123 Å². The number of nitrogens with zero attached hydrogens (tertiary/aromatic N) is 4. The Hall–Kier alpha value is -6.05. The summed E-state index contributed by atoms with van der Waals surface area (Å²) in [6.45, 7) is 5.81. The van der Waals surface area contributed by atoms with Gasteiger partial charge >= 0.3 is 6.18 Å². The summed E-state index contributed by atoms with van der Waals surface area (Å²) in [7, 11) is 3.51. The first kappa shape index (κ1) is 50.5. The maximum absolute atomic E-state index is 13.4. The molecule has 10 atom stereocenters. The van der Waals surface area contributed by atoms with Crippen LogP contribution in [0.15, 0.2) is 78.9 Å². The third kappa shape index (κ3) is 7.76. The van der Waals surface area contributed by atoms with Crippen molar-refractivity contribution in [1.29, 1.82) is 0 Å². The van der Waals surface area contributed by atoms with E-state index in [0.29, 0.717) is 61.5 Å². The number of benzene rings is 4. The lowest BCUT2D eigenvalue weighted by Gasteiger charge is -2.64. The number of aliphatic hydroxyl groups is 2. The lowest BCUT2D eigenvalue weighted by molar-refractivity contribution is -0.200. The number of aryl methyl sites for hydroxylation is 1. The van der Waals surface area contributed by atoms with E-state index in [9.17, 15) is 43.2 Å². The van der Waals surface area contributed by atoms with Gasteiger partial charge in [-0.05, 0) is 168 Å². The Morgan fingerprint density at radius 2 is 1.23 bits per heavy atom. The molecule has 2 amide bonds. The molecule has 2 saturated heterocycles. The molecule has 4 N–H and O–H groups in total. The van der Waals surface area contributed by atoms with Gasteiger partial charge in [-0.25, -0.2) is 0 Å². The van der Waals surface area contributed by atoms with E-state index in [1.165, 1.54) is 43.4 Å². The number of alkyl halides is 3. The third-order valence-corrected chi connectivity index (χ3v) is 20.1. The summed E-state index contributed by atoms with van der Waals surface area (Å²) < 4.78 is 51.8. The van der Waals surface area contributed by atoms with Crippen molar-refractivity contribution in [2.45, 2.75) is 149 Å². The fourth-order valence-corrected chi connectivity index (χ4v) is 16.0. The topological polar surface area (TPSA) is 146 Å². The molecule has 12 nitrogen and oxygen atoms in total. The second-order valence-electron chi connectivity index (χ2n) is 24.2. The Morgan fingerprint density at radius 1 is 0.714 bits per heavy atom. The van der Waals surface area contributed by atoms with Gasteiger partial charge in [-0.2, -0.15) is 13.2 Å². The van der Waals surface area contributed by atoms with Gasteiger partial charge in [0.05, 0.1) is 39.7 Å². The van der Waals surface area contributed by atoms with Gasteiger partial charge in [-0.1, -0.05) is 47.9 Å². The van der Waals surface area contributed by atoms with E-state index in [1.54, 1.807) is 35.1 Å². The largest absolute Gasteiger partial charge is 0.504 e. The predicted octanol–water partition coefficient (Wildman–Crippen LogP) is 7.66.